The van der Waals surface area contributed by atoms with Crippen LogP contribution in [-0.2, 0) is 0 Å². The van der Waals surface area contributed by atoms with Gasteiger partial charge in [-0.25, -0.2) is 4.98 Å². The average molecular weight is 288 g/mol. The van der Waals surface area contributed by atoms with Gasteiger partial charge in [-0.1, -0.05) is 0 Å². The first-order chi connectivity index (χ1) is 10.1. The molecular weight excluding hydrogens is 264 g/mol. The molecule has 114 valence electrons. The van der Waals surface area contributed by atoms with E-state index in [4.69, 9.17) is 5.73 Å². The zero-order valence-corrected chi connectivity index (χ0v) is 12.6. The maximum Gasteiger partial charge on any atom is 0.252 e. The summed E-state index contributed by atoms with van der Waals surface area (Å²) in [7, 11) is 0. The number of pyridine rings is 1. The maximum atomic E-state index is 11.7. The first kappa shape index (κ1) is 14.3. The summed E-state index contributed by atoms with van der Waals surface area (Å²) in [6.07, 6.45) is 6.73. The molecule has 0 aromatic carbocycles. The number of carbonyl (C=O) groups excluding carboxylic acids is 1. The summed E-state index contributed by atoms with van der Waals surface area (Å²) in [4.78, 5) is 18.3. The van der Waals surface area contributed by atoms with Gasteiger partial charge in [0.1, 0.15) is 5.82 Å². The highest BCUT2D eigenvalue weighted by Crippen LogP contribution is 2.28. The van der Waals surface area contributed by atoms with Gasteiger partial charge in [-0.05, 0) is 56.7 Å². The minimum absolute atomic E-state index is 0.385. The van der Waals surface area contributed by atoms with Gasteiger partial charge in [0.05, 0.1) is 5.56 Å². The zero-order chi connectivity index (χ0) is 14.8. The molecule has 2 heterocycles. The van der Waals surface area contributed by atoms with Crippen molar-refractivity contribution in [1.82, 2.24) is 10.3 Å². The molecule has 0 atom stereocenters. The summed E-state index contributed by atoms with van der Waals surface area (Å²) in [5, 5.41) is 3.67. The Bertz CT molecular complexity index is 519. The van der Waals surface area contributed by atoms with Gasteiger partial charge >= 0.3 is 0 Å². The van der Waals surface area contributed by atoms with E-state index in [1.165, 1.54) is 19.4 Å². The minimum Gasteiger partial charge on any atom is -0.365 e. The lowest BCUT2D eigenvalue weighted by atomic mass is 10.0. The fourth-order valence-corrected chi connectivity index (χ4v) is 3.04. The van der Waals surface area contributed by atoms with Gasteiger partial charge in [-0.2, -0.15) is 0 Å². The number of rotatable bonds is 5. The molecule has 2 aliphatic rings. The summed E-state index contributed by atoms with van der Waals surface area (Å²) < 4.78 is 0. The SMILES string of the molecule is Cc1ccnc(N2CCC(NCC3CC3)CC2)c1C(N)=O. The van der Waals surface area contributed by atoms with Crippen molar-refractivity contribution in [2.24, 2.45) is 11.7 Å². The van der Waals surface area contributed by atoms with E-state index in [2.05, 4.69) is 15.2 Å². The van der Waals surface area contributed by atoms with Crippen molar-refractivity contribution in [2.45, 2.75) is 38.6 Å². The maximum absolute atomic E-state index is 11.7. The molecule has 1 aromatic rings. The number of amides is 1. The summed E-state index contributed by atoms with van der Waals surface area (Å²) in [5.41, 5.74) is 6.99. The van der Waals surface area contributed by atoms with E-state index in [9.17, 15) is 4.79 Å². The van der Waals surface area contributed by atoms with Crippen molar-refractivity contribution >= 4 is 11.7 Å². The van der Waals surface area contributed by atoms with Crippen molar-refractivity contribution in [3.8, 4) is 0 Å². The summed E-state index contributed by atoms with van der Waals surface area (Å²) in [6.45, 7) is 4.94. The Morgan fingerprint density at radius 2 is 2.10 bits per heavy atom. The lowest BCUT2D eigenvalue weighted by Crippen LogP contribution is -2.44. The number of anilines is 1. The molecule has 1 aromatic heterocycles. The number of hydrogen-bond acceptors (Lipinski definition) is 4. The van der Waals surface area contributed by atoms with Crippen molar-refractivity contribution < 1.29 is 4.79 Å². The van der Waals surface area contributed by atoms with Gasteiger partial charge in [0.25, 0.3) is 5.91 Å². The topological polar surface area (TPSA) is 71.2 Å². The fourth-order valence-electron chi connectivity index (χ4n) is 3.04. The van der Waals surface area contributed by atoms with Crippen molar-refractivity contribution in [3.63, 3.8) is 0 Å². The molecule has 1 aliphatic heterocycles. The smallest absolute Gasteiger partial charge is 0.252 e. The van der Waals surface area contributed by atoms with Crippen LogP contribution < -0.4 is 16.0 Å². The van der Waals surface area contributed by atoms with E-state index in [0.717, 1.165) is 43.2 Å². The Hall–Kier alpha value is -1.62. The molecule has 5 heteroatoms. The van der Waals surface area contributed by atoms with E-state index in [0.29, 0.717) is 11.6 Å². The van der Waals surface area contributed by atoms with E-state index in [-0.39, 0.29) is 5.91 Å². The van der Waals surface area contributed by atoms with Crippen LogP contribution in [0.1, 0.15) is 41.6 Å². The normalized spacial score (nSPS) is 19.8. The molecule has 5 nitrogen and oxygen atoms in total. The second-order valence-electron chi connectivity index (χ2n) is 6.30. The first-order valence-corrected chi connectivity index (χ1v) is 7.89. The number of nitrogens with one attached hydrogen (secondary N) is 1. The fraction of sp³-hybridized carbons (Fsp3) is 0.625. The van der Waals surface area contributed by atoms with Gasteiger partial charge in [0.15, 0.2) is 0 Å². The highest BCUT2D eigenvalue weighted by Gasteiger charge is 2.26. The number of nitrogens with zero attached hydrogens (tertiary/aromatic N) is 2. The number of aromatic nitrogens is 1. The molecule has 1 saturated carbocycles. The highest BCUT2D eigenvalue weighted by atomic mass is 16.1. The average Bonchev–Trinajstić information content (AvgIpc) is 3.29. The molecule has 3 N–H and O–H groups in total. The number of primary amides is 1. The molecular formula is C16H24N4O. The standard InChI is InChI=1S/C16H24N4O/c1-11-4-7-18-16(14(11)15(17)21)20-8-5-13(6-9-20)19-10-12-2-3-12/h4,7,12-13,19H,2-3,5-6,8-10H2,1H3,(H2,17,21). The van der Waals surface area contributed by atoms with Crippen LogP contribution in [0.5, 0.6) is 0 Å². The number of carbonyl (C=O) groups is 1. The quantitative estimate of drug-likeness (QED) is 0.860. The van der Waals surface area contributed by atoms with E-state index in [1.807, 2.05) is 13.0 Å². The van der Waals surface area contributed by atoms with Crippen LogP contribution >= 0.6 is 0 Å². The molecule has 2 fully saturated rings. The predicted molar refractivity (Wildman–Crippen MR) is 83.5 cm³/mol. The summed E-state index contributed by atoms with van der Waals surface area (Å²) in [6, 6.07) is 2.44. The van der Waals surface area contributed by atoms with Crippen LogP contribution in [0.4, 0.5) is 5.82 Å². The van der Waals surface area contributed by atoms with Crippen LogP contribution in [0.2, 0.25) is 0 Å². The largest absolute Gasteiger partial charge is 0.365 e. The van der Waals surface area contributed by atoms with Crippen molar-refractivity contribution in [2.75, 3.05) is 24.5 Å². The monoisotopic (exact) mass is 288 g/mol. The first-order valence-electron chi connectivity index (χ1n) is 7.89. The molecule has 21 heavy (non-hydrogen) atoms. The Balaban J connectivity index is 1.63. The molecule has 0 radical (unpaired) electrons. The van der Waals surface area contributed by atoms with Crippen LogP contribution in [0, 0.1) is 12.8 Å². The molecule has 0 unspecified atom stereocenters. The lowest BCUT2D eigenvalue weighted by Gasteiger charge is -2.34. The number of nitrogens with two attached hydrogens (primary N) is 1. The van der Waals surface area contributed by atoms with E-state index >= 15 is 0 Å². The Morgan fingerprint density at radius 1 is 1.38 bits per heavy atom. The summed E-state index contributed by atoms with van der Waals surface area (Å²) in [5.74, 6) is 1.29. The van der Waals surface area contributed by atoms with Gasteiger partial charge in [-0.3, -0.25) is 4.79 Å². The van der Waals surface area contributed by atoms with Crippen molar-refractivity contribution in [3.05, 3.63) is 23.4 Å². The van der Waals surface area contributed by atoms with Crippen LogP contribution in [-0.4, -0.2) is 36.6 Å². The van der Waals surface area contributed by atoms with Crippen LogP contribution in [0.15, 0.2) is 12.3 Å². The van der Waals surface area contributed by atoms with E-state index in [1.54, 1.807) is 6.20 Å². The molecule has 1 saturated heterocycles. The van der Waals surface area contributed by atoms with Crippen LogP contribution in [0.3, 0.4) is 0 Å². The van der Waals surface area contributed by atoms with Gasteiger partial charge in [-0.15, -0.1) is 0 Å². The molecule has 3 rings (SSSR count). The third-order valence-corrected chi connectivity index (χ3v) is 4.57. The van der Waals surface area contributed by atoms with E-state index < -0.39 is 0 Å². The predicted octanol–water partition coefficient (Wildman–Crippen LogP) is 1.46. The molecule has 1 aliphatic carbocycles. The Labute approximate surface area is 125 Å². The number of piperidine rings is 1. The Morgan fingerprint density at radius 3 is 2.71 bits per heavy atom. The van der Waals surface area contributed by atoms with Crippen LogP contribution in [0.25, 0.3) is 0 Å². The Kier molecular flexibility index (Phi) is 4.10. The van der Waals surface area contributed by atoms with Gasteiger partial charge < -0.3 is 16.0 Å². The second kappa shape index (κ2) is 6.02. The minimum atomic E-state index is -0.385. The number of aryl methyl sites for hydroxylation is 1. The molecule has 0 spiro atoms. The van der Waals surface area contributed by atoms with Gasteiger partial charge in [0, 0.05) is 25.3 Å². The van der Waals surface area contributed by atoms with Gasteiger partial charge in [0.2, 0.25) is 0 Å². The third kappa shape index (κ3) is 3.35. The van der Waals surface area contributed by atoms with Crippen molar-refractivity contribution in [1.29, 1.82) is 0 Å². The lowest BCUT2D eigenvalue weighted by molar-refractivity contribution is 0.1000. The second-order valence-corrected chi connectivity index (χ2v) is 6.30. The third-order valence-electron chi connectivity index (χ3n) is 4.57. The number of hydrogen-bond donors (Lipinski definition) is 2. The highest BCUT2D eigenvalue weighted by molar-refractivity contribution is 5.99. The molecule has 0 bridgehead atoms. The zero-order valence-electron chi connectivity index (χ0n) is 12.6. The molecule has 1 amide bonds. The summed E-state index contributed by atoms with van der Waals surface area (Å²) >= 11 is 0.